The van der Waals surface area contributed by atoms with E-state index < -0.39 is 0 Å². The van der Waals surface area contributed by atoms with Crippen LogP contribution in [0.15, 0.2) is 0 Å². The normalized spacial score (nSPS) is 32.8. The van der Waals surface area contributed by atoms with Gasteiger partial charge >= 0.3 is 0 Å². The molecule has 1 saturated heterocycles. The molecule has 2 aliphatic carbocycles. The number of rotatable bonds is 6. The average molecular weight is 250 g/mol. The predicted molar refractivity (Wildman–Crippen MR) is 76.7 cm³/mol. The zero-order valence-corrected chi connectivity index (χ0v) is 12.0. The molecule has 3 aliphatic rings. The second kappa shape index (κ2) is 5.50. The molecule has 1 aliphatic heterocycles. The molecular weight excluding hydrogens is 220 g/mol. The smallest absolute Gasteiger partial charge is 0.00817 e. The van der Waals surface area contributed by atoms with Crippen molar-refractivity contribution in [2.75, 3.05) is 13.1 Å². The maximum Gasteiger partial charge on any atom is 0.00817 e. The third-order valence-electron chi connectivity index (χ3n) is 5.44. The monoisotopic (exact) mass is 250 g/mol. The largest absolute Gasteiger partial charge is 0.314 e. The molecule has 104 valence electrons. The van der Waals surface area contributed by atoms with Crippen LogP contribution < -0.4 is 10.6 Å². The molecule has 3 fully saturated rings. The van der Waals surface area contributed by atoms with Crippen molar-refractivity contribution in [2.24, 2.45) is 11.3 Å². The van der Waals surface area contributed by atoms with Gasteiger partial charge in [0, 0.05) is 18.6 Å². The highest BCUT2D eigenvalue weighted by Crippen LogP contribution is 2.60. The van der Waals surface area contributed by atoms with Gasteiger partial charge in [0.05, 0.1) is 0 Å². The lowest BCUT2D eigenvalue weighted by atomic mass is 9.99. The molecule has 0 radical (unpaired) electrons. The second-order valence-corrected chi connectivity index (χ2v) is 7.15. The van der Waals surface area contributed by atoms with E-state index in [0.717, 1.165) is 17.4 Å². The maximum absolute atomic E-state index is 3.83. The van der Waals surface area contributed by atoms with Crippen molar-refractivity contribution in [2.45, 2.75) is 76.8 Å². The first-order chi connectivity index (χ1) is 8.78. The zero-order valence-electron chi connectivity index (χ0n) is 12.0. The fourth-order valence-electron chi connectivity index (χ4n) is 3.78. The fourth-order valence-corrected chi connectivity index (χ4v) is 3.78. The SMILES string of the molecule is CC(CC1CCCCCN1)NCC1(C2CC2)CC1. The second-order valence-electron chi connectivity index (χ2n) is 7.15. The minimum absolute atomic E-state index is 0.692. The van der Waals surface area contributed by atoms with Gasteiger partial charge < -0.3 is 10.6 Å². The number of nitrogens with one attached hydrogen (secondary N) is 2. The van der Waals surface area contributed by atoms with Crippen molar-refractivity contribution in [1.29, 1.82) is 0 Å². The Labute approximate surface area is 112 Å². The summed E-state index contributed by atoms with van der Waals surface area (Å²) in [5, 5.41) is 7.55. The summed E-state index contributed by atoms with van der Waals surface area (Å²) in [6.07, 6.45) is 13.0. The van der Waals surface area contributed by atoms with Crippen LogP contribution >= 0.6 is 0 Å². The van der Waals surface area contributed by atoms with Gasteiger partial charge in [-0.1, -0.05) is 12.8 Å². The topological polar surface area (TPSA) is 24.1 Å². The molecule has 2 heteroatoms. The highest BCUT2D eigenvalue weighted by Gasteiger charge is 2.53. The summed E-state index contributed by atoms with van der Waals surface area (Å²) in [4.78, 5) is 0. The first-order valence-electron chi connectivity index (χ1n) is 8.25. The summed E-state index contributed by atoms with van der Waals surface area (Å²) in [6.45, 7) is 4.92. The maximum atomic E-state index is 3.83. The standard InChI is InChI=1S/C16H30N2/c1-13(11-15-5-3-2-4-10-17-15)18-12-16(8-9-16)14-6-7-14/h13-15,17-18H,2-12H2,1H3. The van der Waals surface area contributed by atoms with Crippen LogP contribution in [0.3, 0.4) is 0 Å². The molecule has 0 bridgehead atoms. The minimum atomic E-state index is 0.692. The predicted octanol–water partition coefficient (Wildman–Crippen LogP) is 3.08. The van der Waals surface area contributed by atoms with Crippen molar-refractivity contribution in [3.63, 3.8) is 0 Å². The van der Waals surface area contributed by atoms with Crippen LogP contribution in [-0.4, -0.2) is 25.2 Å². The van der Waals surface area contributed by atoms with Crippen LogP contribution in [0.25, 0.3) is 0 Å². The van der Waals surface area contributed by atoms with E-state index in [1.54, 1.807) is 0 Å². The Morgan fingerprint density at radius 2 is 2.00 bits per heavy atom. The summed E-state index contributed by atoms with van der Waals surface area (Å²) in [5.41, 5.74) is 0.755. The molecule has 2 nitrogen and oxygen atoms in total. The average Bonchev–Trinajstić information content (AvgIpc) is 3.17. The van der Waals surface area contributed by atoms with E-state index in [2.05, 4.69) is 17.6 Å². The Morgan fingerprint density at radius 3 is 2.72 bits per heavy atom. The van der Waals surface area contributed by atoms with E-state index in [-0.39, 0.29) is 0 Å². The molecule has 2 saturated carbocycles. The quantitative estimate of drug-likeness (QED) is 0.757. The third kappa shape index (κ3) is 3.27. The summed E-state index contributed by atoms with van der Waals surface area (Å²) in [7, 11) is 0. The number of hydrogen-bond acceptors (Lipinski definition) is 2. The van der Waals surface area contributed by atoms with Gasteiger partial charge in [0.1, 0.15) is 0 Å². The molecule has 0 amide bonds. The Kier molecular flexibility index (Phi) is 3.95. The highest BCUT2D eigenvalue weighted by molar-refractivity contribution is 5.05. The molecule has 1 heterocycles. The van der Waals surface area contributed by atoms with Gasteiger partial charge in [0.2, 0.25) is 0 Å². The number of hydrogen-bond donors (Lipinski definition) is 2. The van der Waals surface area contributed by atoms with Gasteiger partial charge in [0.15, 0.2) is 0 Å². The molecule has 2 N–H and O–H groups in total. The Balaban J connectivity index is 1.37. The Bertz CT molecular complexity index is 260. The minimum Gasteiger partial charge on any atom is -0.314 e. The van der Waals surface area contributed by atoms with Gasteiger partial charge in [-0.25, -0.2) is 0 Å². The molecule has 0 spiro atoms. The first-order valence-corrected chi connectivity index (χ1v) is 8.25. The summed E-state index contributed by atoms with van der Waals surface area (Å²) < 4.78 is 0. The van der Waals surface area contributed by atoms with Crippen LogP contribution in [0.2, 0.25) is 0 Å². The molecule has 2 atom stereocenters. The first kappa shape index (κ1) is 12.9. The highest BCUT2D eigenvalue weighted by atomic mass is 15.0. The van der Waals surface area contributed by atoms with Crippen molar-refractivity contribution in [3.05, 3.63) is 0 Å². The van der Waals surface area contributed by atoms with E-state index >= 15 is 0 Å². The Hall–Kier alpha value is -0.0800. The molecule has 18 heavy (non-hydrogen) atoms. The summed E-state index contributed by atoms with van der Waals surface area (Å²) in [6, 6.07) is 1.46. The van der Waals surface area contributed by atoms with Crippen LogP contribution in [-0.2, 0) is 0 Å². The van der Waals surface area contributed by atoms with E-state index in [1.807, 2.05) is 0 Å². The van der Waals surface area contributed by atoms with Gasteiger partial charge in [-0.3, -0.25) is 0 Å². The van der Waals surface area contributed by atoms with E-state index in [4.69, 9.17) is 0 Å². The molecule has 2 unspecified atom stereocenters. The summed E-state index contributed by atoms with van der Waals surface area (Å²) >= 11 is 0. The Morgan fingerprint density at radius 1 is 1.17 bits per heavy atom. The van der Waals surface area contributed by atoms with Gasteiger partial charge in [-0.15, -0.1) is 0 Å². The van der Waals surface area contributed by atoms with E-state index in [9.17, 15) is 0 Å². The van der Waals surface area contributed by atoms with Gasteiger partial charge in [-0.05, 0) is 69.7 Å². The van der Waals surface area contributed by atoms with E-state index in [1.165, 1.54) is 70.9 Å². The third-order valence-corrected chi connectivity index (χ3v) is 5.44. The van der Waals surface area contributed by atoms with Crippen molar-refractivity contribution in [1.82, 2.24) is 10.6 Å². The van der Waals surface area contributed by atoms with Crippen LogP contribution in [0.5, 0.6) is 0 Å². The fraction of sp³-hybridized carbons (Fsp3) is 1.00. The van der Waals surface area contributed by atoms with E-state index in [0.29, 0.717) is 6.04 Å². The van der Waals surface area contributed by atoms with Crippen molar-refractivity contribution in [3.8, 4) is 0 Å². The lowest BCUT2D eigenvalue weighted by molar-refractivity contribution is 0.345. The lowest BCUT2D eigenvalue weighted by Gasteiger charge is -2.24. The van der Waals surface area contributed by atoms with Crippen LogP contribution in [0, 0.1) is 11.3 Å². The van der Waals surface area contributed by atoms with Gasteiger partial charge in [-0.2, -0.15) is 0 Å². The molecule has 3 rings (SSSR count). The van der Waals surface area contributed by atoms with Gasteiger partial charge in [0.25, 0.3) is 0 Å². The van der Waals surface area contributed by atoms with Crippen LogP contribution in [0.1, 0.15) is 64.7 Å². The molecule has 0 aromatic heterocycles. The van der Waals surface area contributed by atoms with Crippen LogP contribution in [0.4, 0.5) is 0 Å². The van der Waals surface area contributed by atoms with Crippen molar-refractivity contribution < 1.29 is 0 Å². The zero-order chi connectivity index (χ0) is 12.4. The molecular formula is C16H30N2. The summed E-state index contributed by atoms with van der Waals surface area (Å²) in [5.74, 6) is 1.09. The van der Waals surface area contributed by atoms with Crippen molar-refractivity contribution >= 4 is 0 Å². The lowest BCUT2D eigenvalue weighted by Crippen LogP contribution is -2.39. The molecule has 0 aromatic carbocycles. The molecule has 0 aromatic rings.